The van der Waals surface area contributed by atoms with Crippen molar-refractivity contribution in [1.29, 1.82) is 0 Å². The summed E-state index contributed by atoms with van der Waals surface area (Å²) < 4.78 is 23.4. The standard InChI is InChI=1S/C28H26FIN4O3/c1-14-25(33-23-10-7-18(30)13-22(23)29)24-26(37-27(14)31)21(15(2)34(28(24)36)20-8-9-20)12-17-5-4-6-19(11-17)32-16(3)35/h4-7,10-11,13,20H,8-9,12,31H2,1-3H3,(H,32,35). The first kappa shape index (κ1) is 25.2. The van der Waals surface area contributed by atoms with Crippen molar-refractivity contribution >= 4 is 56.7 Å². The molecule has 1 saturated carbocycles. The zero-order valence-corrected chi connectivity index (χ0v) is 22.9. The number of nitrogens with two attached hydrogens (primary N) is 1. The van der Waals surface area contributed by atoms with Gasteiger partial charge in [-0.15, -0.1) is 0 Å². The summed E-state index contributed by atoms with van der Waals surface area (Å²) in [5, 5.41) is 3.40. The number of nitrogens with zero attached hydrogens (tertiary/aromatic N) is 2. The Balaban J connectivity index is 1.81. The lowest BCUT2D eigenvalue weighted by Crippen LogP contribution is -2.29. The molecule has 0 atom stereocenters. The van der Waals surface area contributed by atoms with Gasteiger partial charge in [0.05, 0.1) is 11.0 Å². The van der Waals surface area contributed by atoms with E-state index in [9.17, 15) is 14.0 Å². The van der Waals surface area contributed by atoms with Crippen LogP contribution in [0.3, 0.4) is 0 Å². The van der Waals surface area contributed by atoms with Gasteiger partial charge in [-0.2, -0.15) is 0 Å². The highest BCUT2D eigenvalue weighted by atomic mass is 127. The van der Waals surface area contributed by atoms with Gasteiger partial charge in [0.25, 0.3) is 5.56 Å². The predicted octanol–water partition coefficient (Wildman–Crippen LogP) is 5.65. The first-order chi connectivity index (χ1) is 17.6. The highest BCUT2D eigenvalue weighted by molar-refractivity contribution is 14.1. The summed E-state index contributed by atoms with van der Waals surface area (Å²) in [4.78, 5) is 30.0. The van der Waals surface area contributed by atoms with Gasteiger partial charge in [-0.1, -0.05) is 12.1 Å². The van der Waals surface area contributed by atoms with Crippen LogP contribution < -0.4 is 22.0 Å². The Bertz CT molecular complexity index is 1700. The topological polar surface area (TPSA) is 103 Å². The fourth-order valence-corrected chi connectivity index (χ4v) is 5.08. The zero-order valence-electron chi connectivity index (χ0n) is 20.7. The Labute approximate surface area is 226 Å². The Morgan fingerprint density at radius 3 is 2.68 bits per heavy atom. The molecule has 1 fully saturated rings. The molecule has 190 valence electrons. The van der Waals surface area contributed by atoms with Gasteiger partial charge >= 0.3 is 0 Å². The summed E-state index contributed by atoms with van der Waals surface area (Å²) in [5.41, 5.74) is 10.2. The number of rotatable bonds is 5. The van der Waals surface area contributed by atoms with Gasteiger partial charge in [0.2, 0.25) is 5.91 Å². The van der Waals surface area contributed by atoms with E-state index in [4.69, 9.17) is 10.2 Å². The summed E-state index contributed by atoms with van der Waals surface area (Å²) in [6.45, 7) is 5.09. The summed E-state index contributed by atoms with van der Waals surface area (Å²) in [5.74, 6) is -0.523. The van der Waals surface area contributed by atoms with Gasteiger partial charge < -0.3 is 20.0 Å². The number of nitrogen functional groups attached to an aromatic ring is 1. The van der Waals surface area contributed by atoms with Crippen LogP contribution >= 0.6 is 22.6 Å². The molecule has 3 N–H and O–H groups in total. The molecule has 1 amide bonds. The average molecular weight is 612 g/mol. The van der Waals surface area contributed by atoms with Gasteiger partial charge in [0.1, 0.15) is 16.8 Å². The quantitative estimate of drug-likeness (QED) is 0.284. The second kappa shape index (κ2) is 9.77. The van der Waals surface area contributed by atoms with Crippen molar-refractivity contribution in [1.82, 2.24) is 4.57 Å². The third-order valence-corrected chi connectivity index (χ3v) is 7.26. The minimum atomic E-state index is -0.483. The molecular weight excluding hydrogens is 586 g/mol. The number of amides is 1. The molecule has 0 spiro atoms. The van der Waals surface area contributed by atoms with Gasteiger partial charge in [0, 0.05) is 45.5 Å². The summed E-state index contributed by atoms with van der Waals surface area (Å²) in [6.07, 6.45) is 2.26. The van der Waals surface area contributed by atoms with Crippen LogP contribution in [0, 0.1) is 23.2 Å². The SMILES string of the molecule is CC(=O)Nc1cccc(Cc2c(C)n(C3CC3)c(=O)c3c(=Nc4ccc(I)cc4F)c(C)c(N)oc23)c1. The molecule has 0 bridgehead atoms. The Hall–Kier alpha value is -3.47. The normalized spacial score (nSPS) is 13.8. The minimum Gasteiger partial charge on any atom is -0.440 e. The lowest BCUT2D eigenvalue weighted by molar-refractivity contribution is -0.114. The van der Waals surface area contributed by atoms with E-state index < -0.39 is 5.82 Å². The zero-order chi connectivity index (χ0) is 26.4. The van der Waals surface area contributed by atoms with Crippen molar-refractivity contribution in [2.24, 2.45) is 4.99 Å². The molecule has 1 aliphatic rings. The largest absolute Gasteiger partial charge is 0.440 e. The third-order valence-electron chi connectivity index (χ3n) is 6.59. The molecule has 4 aromatic rings. The maximum absolute atomic E-state index is 14.8. The third kappa shape index (κ3) is 4.92. The van der Waals surface area contributed by atoms with Crippen LogP contribution in [-0.4, -0.2) is 10.5 Å². The van der Waals surface area contributed by atoms with Crippen LogP contribution in [-0.2, 0) is 11.2 Å². The minimum absolute atomic E-state index is 0.0992. The Kier molecular flexibility index (Phi) is 6.65. The van der Waals surface area contributed by atoms with E-state index in [-0.39, 0.29) is 34.5 Å². The van der Waals surface area contributed by atoms with Gasteiger partial charge in [-0.05, 0) is 85.2 Å². The molecule has 0 aliphatic heterocycles. The second-order valence-electron chi connectivity index (χ2n) is 9.38. The number of hydrogen-bond acceptors (Lipinski definition) is 5. The molecule has 0 saturated heterocycles. The summed E-state index contributed by atoms with van der Waals surface area (Å²) in [6, 6.07) is 12.4. The Morgan fingerprint density at radius 2 is 2.00 bits per heavy atom. The fourth-order valence-electron chi connectivity index (χ4n) is 4.62. The summed E-state index contributed by atoms with van der Waals surface area (Å²) >= 11 is 2.04. The van der Waals surface area contributed by atoms with Crippen LogP contribution in [0.1, 0.15) is 48.2 Å². The molecule has 0 radical (unpaired) electrons. The molecule has 37 heavy (non-hydrogen) atoms. The molecule has 9 heteroatoms. The van der Waals surface area contributed by atoms with E-state index in [0.717, 1.165) is 33.2 Å². The molecule has 2 aromatic carbocycles. The van der Waals surface area contributed by atoms with Crippen molar-refractivity contribution in [3.63, 3.8) is 0 Å². The molecule has 2 heterocycles. The maximum atomic E-state index is 14.8. The van der Waals surface area contributed by atoms with E-state index in [0.29, 0.717) is 28.6 Å². The van der Waals surface area contributed by atoms with E-state index in [1.807, 2.05) is 58.3 Å². The highest BCUT2D eigenvalue weighted by Crippen LogP contribution is 2.37. The van der Waals surface area contributed by atoms with E-state index in [1.54, 1.807) is 19.1 Å². The number of fused-ring (bicyclic) bond motifs is 1. The number of pyridine rings is 1. The number of benzene rings is 2. The lowest BCUT2D eigenvalue weighted by Gasteiger charge is -2.18. The number of nitrogens with one attached hydrogen (secondary N) is 1. The molecule has 1 aliphatic carbocycles. The van der Waals surface area contributed by atoms with E-state index in [2.05, 4.69) is 10.3 Å². The average Bonchev–Trinajstić information content (AvgIpc) is 3.66. The first-order valence-electron chi connectivity index (χ1n) is 12.0. The predicted molar refractivity (Wildman–Crippen MR) is 151 cm³/mol. The van der Waals surface area contributed by atoms with Crippen molar-refractivity contribution in [2.45, 2.75) is 46.1 Å². The van der Waals surface area contributed by atoms with Gasteiger partial charge in [-0.25, -0.2) is 9.38 Å². The molecule has 5 rings (SSSR count). The number of carbonyl (C=O) groups excluding carboxylic acids is 1. The van der Waals surface area contributed by atoms with Crippen LogP contribution in [0.4, 0.5) is 21.6 Å². The van der Waals surface area contributed by atoms with Crippen molar-refractivity contribution < 1.29 is 13.6 Å². The van der Waals surface area contributed by atoms with Crippen molar-refractivity contribution in [2.75, 3.05) is 11.1 Å². The lowest BCUT2D eigenvalue weighted by atomic mass is 10.00. The van der Waals surface area contributed by atoms with E-state index in [1.165, 1.54) is 13.0 Å². The number of carbonyl (C=O) groups is 1. The second-order valence-corrected chi connectivity index (χ2v) is 10.6. The van der Waals surface area contributed by atoms with Crippen LogP contribution in [0.15, 0.2) is 56.7 Å². The molecule has 7 nitrogen and oxygen atoms in total. The van der Waals surface area contributed by atoms with Gasteiger partial charge in [-0.3, -0.25) is 9.59 Å². The van der Waals surface area contributed by atoms with E-state index >= 15 is 0 Å². The molecule has 0 unspecified atom stereocenters. The molecular formula is C28H26FIN4O3. The van der Waals surface area contributed by atoms with Crippen LogP contribution in [0.25, 0.3) is 11.0 Å². The monoisotopic (exact) mass is 612 g/mol. The number of hydrogen-bond donors (Lipinski definition) is 2. The highest BCUT2D eigenvalue weighted by Gasteiger charge is 2.30. The smallest absolute Gasteiger partial charge is 0.264 e. The van der Waals surface area contributed by atoms with Crippen molar-refractivity contribution in [3.05, 3.63) is 89.9 Å². The number of anilines is 2. The number of aromatic nitrogens is 1. The molecule has 2 aromatic heterocycles. The maximum Gasteiger partial charge on any atom is 0.264 e. The summed E-state index contributed by atoms with van der Waals surface area (Å²) in [7, 11) is 0. The first-order valence-corrected chi connectivity index (χ1v) is 13.0. The van der Waals surface area contributed by atoms with Crippen molar-refractivity contribution in [3.8, 4) is 0 Å². The van der Waals surface area contributed by atoms with Gasteiger partial charge in [0.15, 0.2) is 5.88 Å². The fraction of sp³-hybridized carbons (Fsp3) is 0.250. The van der Waals surface area contributed by atoms with Crippen LogP contribution in [0.5, 0.6) is 0 Å². The Morgan fingerprint density at radius 1 is 1.24 bits per heavy atom. The van der Waals surface area contributed by atoms with Crippen LogP contribution in [0.2, 0.25) is 0 Å². The number of halogens is 2.